The summed E-state index contributed by atoms with van der Waals surface area (Å²) in [6.45, 7) is 3.19. The number of ether oxygens (including phenoxy) is 1. The molecule has 2 aromatic carbocycles. The Labute approximate surface area is 194 Å². The van der Waals surface area contributed by atoms with Crippen LogP contribution in [0.15, 0.2) is 42.7 Å². The molecule has 0 saturated heterocycles. The highest BCUT2D eigenvalue weighted by Crippen LogP contribution is 2.47. The Morgan fingerprint density at radius 1 is 1.21 bits per heavy atom. The number of hydrogen-bond acceptors (Lipinski definition) is 6. The van der Waals surface area contributed by atoms with E-state index in [-0.39, 0.29) is 23.8 Å². The number of fused-ring (bicyclic) bond motifs is 9. The molecular weight excluding hydrogens is 437 g/mol. The van der Waals surface area contributed by atoms with Crippen LogP contribution in [0.1, 0.15) is 59.9 Å². The van der Waals surface area contributed by atoms with E-state index in [4.69, 9.17) is 4.74 Å². The smallest absolute Gasteiger partial charge is 0.252 e. The van der Waals surface area contributed by atoms with E-state index in [0.717, 1.165) is 11.1 Å². The topological polar surface area (TPSA) is 102 Å². The number of imidazole rings is 1. The van der Waals surface area contributed by atoms with Crippen molar-refractivity contribution in [1.82, 2.24) is 24.8 Å². The van der Waals surface area contributed by atoms with E-state index in [1.807, 2.05) is 6.07 Å². The third kappa shape index (κ3) is 2.93. The van der Waals surface area contributed by atoms with Crippen LogP contribution in [0.25, 0.3) is 22.2 Å². The van der Waals surface area contributed by atoms with Crippen molar-refractivity contribution in [3.8, 4) is 16.9 Å². The summed E-state index contributed by atoms with van der Waals surface area (Å²) in [6.07, 6.45) is 3.65. The Hall–Kier alpha value is -3.85. The Kier molecular flexibility index (Phi) is 4.31. The van der Waals surface area contributed by atoms with E-state index in [1.165, 1.54) is 18.5 Å². The van der Waals surface area contributed by atoms with Crippen LogP contribution in [0.3, 0.4) is 0 Å². The standard InChI is InChI=1S/C25H22FN5O3/c1-25(2,33)24-27-10-12(11-28-24)14-7-18-16(8-15(14)26)29-22-17-9-19(31(18)22)21-13(23(32)30-17)5-4-6-20(21)34-3/h4-8,10-11,17,19,33H,9H2,1-3H3,(H,30,32)/t17-,19-/m1/s1. The lowest BCUT2D eigenvalue weighted by Crippen LogP contribution is -2.27. The number of methoxy groups -OCH3 is 1. The average molecular weight is 459 g/mol. The maximum atomic E-state index is 15.1. The van der Waals surface area contributed by atoms with E-state index in [2.05, 4.69) is 24.8 Å². The number of nitrogens with one attached hydrogen (secondary N) is 1. The highest BCUT2D eigenvalue weighted by molar-refractivity contribution is 5.98. The van der Waals surface area contributed by atoms with Gasteiger partial charge in [-0.25, -0.2) is 19.3 Å². The monoisotopic (exact) mass is 459 g/mol. The van der Waals surface area contributed by atoms with E-state index < -0.39 is 11.4 Å². The fourth-order valence-electron chi connectivity index (χ4n) is 5.02. The number of hydrogen-bond donors (Lipinski definition) is 2. The summed E-state index contributed by atoms with van der Waals surface area (Å²) >= 11 is 0. The van der Waals surface area contributed by atoms with Crippen molar-refractivity contribution in [2.24, 2.45) is 0 Å². The molecule has 0 spiro atoms. The van der Waals surface area contributed by atoms with Crippen molar-refractivity contribution in [1.29, 1.82) is 0 Å². The van der Waals surface area contributed by atoms with Gasteiger partial charge in [-0.3, -0.25) is 4.79 Å². The molecule has 2 aliphatic heterocycles. The van der Waals surface area contributed by atoms with Crippen LogP contribution in [0.5, 0.6) is 5.75 Å². The maximum absolute atomic E-state index is 15.1. The molecule has 0 radical (unpaired) electrons. The van der Waals surface area contributed by atoms with Crippen LogP contribution >= 0.6 is 0 Å². The first kappa shape index (κ1) is 20.7. The van der Waals surface area contributed by atoms with Crippen LogP contribution in [-0.4, -0.2) is 37.6 Å². The second-order valence-corrected chi connectivity index (χ2v) is 9.21. The lowest BCUT2D eigenvalue weighted by Gasteiger charge is -2.20. The summed E-state index contributed by atoms with van der Waals surface area (Å²) in [4.78, 5) is 26.0. The Bertz CT molecular complexity index is 1470. The minimum atomic E-state index is -1.19. The number of carbonyl (C=O) groups is 1. The van der Waals surface area contributed by atoms with Gasteiger partial charge in [0.05, 0.1) is 30.2 Å². The zero-order valence-electron chi connectivity index (χ0n) is 18.8. The number of halogens is 1. The number of aliphatic hydroxyl groups is 1. The zero-order valence-corrected chi connectivity index (χ0v) is 18.8. The molecule has 1 amide bonds. The minimum Gasteiger partial charge on any atom is -0.496 e. The molecule has 9 heteroatoms. The van der Waals surface area contributed by atoms with Crippen LogP contribution in [0.2, 0.25) is 0 Å². The van der Waals surface area contributed by atoms with Gasteiger partial charge in [-0.15, -0.1) is 0 Å². The molecule has 34 heavy (non-hydrogen) atoms. The average Bonchev–Trinajstić information content (AvgIpc) is 3.29. The van der Waals surface area contributed by atoms with Gasteiger partial charge in [0, 0.05) is 40.7 Å². The Morgan fingerprint density at radius 3 is 2.68 bits per heavy atom. The van der Waals surface area contributed by atoms with Gasteiger partial charge in [0.15, 0.2) is 5.82 Å². The molecule has 2 aliphatic rings. The molecule has 0 unspecified atom stereocenters. The van der Waals surface area contributed by atoms with Gasteiger partial charge in [-0.1, -0.05) is 6.07 Å². The predicted octanol–water partition coefficient (Wildman–Crippen LogP) is 3.65. The molecule has 4 aromatic rings. The minimum absolute atomic E-state index is 0.171. The van der Waals surface area contributed by atoms with Gasteiger partial charge in [0.1, 0.15) is 23.0 Å². The molecule has 0 aliphatic carbocycles. The van der Waals surface area contributed by atoms with E-state index in [0.29, 0.717) is 40.2 Å². The first-order valence-electron chi connectivity index (χ1n) is 11.0. The lowest BCUT2D eigenvalue weighted by atomic mass is 9.97. The molecule has 4 heterocycles. The summed E-state index contributed by atoms with van der Waals surface area (Å²) in [5.41, 5.74) is 2.25. The van der Waals surface area contributed by atoms with Crippen LogP contribution < -0.4 is 10.1 Å². The van der Waals surface area contributed by atoms with Gasteiger partial charge < -0.3 is 19.7 Å². The summed E-state index contributed by atoms with van der Waals surface area (Å²) in [6, 6.07) is 8.10. The van der Waals surface area contributed by atoms with Gasteiger partial charge in [0.25, 0.3) is 5.91 Å². The molecule has 2 N–H and O–H groups in total. The third-order valence-corrected chi connectivity index (χ3v) is 6.57. The van der Waals surface area contributed by atoms with E-state index >= 15 is 4.39 Å². The Balaban J connectivity index is 1.54. The predicted molar refractivity (Wildman–Crippen MR) is 122 cm³/mol. The SMILES string of the molecule is COc1cccc2c1[C@H]1C[C@@H](NC2=O)c2nc3cc(F)c(-c4cnc(C(C)(C)O)nc4)cc3n21. The van der Waals surface area contributed by atoms with Gasteiger partial charge in [-0.05, 0) is 38.5 Å². The Morgan fingerprint density at radius 2 is 1.97 bits per heavy atom. The van der Waals surface area contributed by atoms with Crippen LogP contribution in [0, 0.1) is 5.82 Å². The van der Waals surface area contributed by atoms with Crippen LogP contribution in [-0.2, 0) is 5.60 Å². The molecule has 8 nitrogen and oxygen atoms in total. The third-order valence-electron chi connectivity index (χ3n) is 6.57. The lowest BCUT2D eigenvalue weighted by molar-refractivity contribution is 0.0687. The van der Waals surface area contributed by atoms with Gasteiger partial charge >= 0.3 is 0 Å². The largest absolute Gasteiger partial charge is 0.496 e. The fourth-order valence-corrected chi connectivity index (χ4v) is 5.02. The van der Waals surface area contributed by atoms with Gasteiger partial charge in [-0.2, -0.15) is 0 Å². The zero-order chi connectivity index (χ0) is 23.8. The summed E-state index contributed by atoms with van der Waals surface area (Å²) < 4.78 is 22.8. The first-order chi connectivity index (χ1) is 16.3. The highest BCUT2D eigenvalue weighted by Gasteiger charge is 2.42. The van der Waals surface area contributed by atoms with Crippen molar-refractivity contribution in [2.75, 3.05) is 7.11 Å². The fraction of sp³-hybridized carbons (Fsp3) is 0.280. The number of aromatic nitrogens is 4. The molecule has 2 bridgehead atoms. The first-order valence-corrected chi connectivity index (χ1v) is 11.0. The summed E-state index contributed by atoms with van der Waals surface area (Å²) in [5, 5.41) is 13.2. The molecule has 6 rings (SSSR count). The van der Waals surface area contributed by atoms with Crippen molar-refractivity contribution in [3.63, 3.8) is 0 Å². The quantitative estimate of drug-likeness (QED) is 0.485. The molecule has 2 aromatic heterocycles. The second-order valence-electron chi connectivity index (χ2n) is 9.21. The number of amides is 1. The molecule has 2 atom stereocenters. The molecule has 0 fully saturated rings. The number of nitrogens with zero attached hydrogens (tertiary/aromatic N) is 4. The van der Waals surface area contributed by atoms with E-state index in [9.17, 15) is 9.90 Å². The molecular formula is C25H22FN5O3. The van der Waals surface area contributed by atoms with Crippen molar-refractivity contribution < 1.29 is 19.0 Å². The highest BCUT2D eigenvalue weighted by atomic mass is 19.1. The normalized spacial score (nSPS) is 18.9. The van der Waals surface area contributed by atoms with Crippen molar-refractivity contribution in [3.05, 3.63) is 71.3 Å². The summed E-state index contributed by atoms with van der Waals surface area (Å²) in [7, 11) is 1.59. The number of carbonyl (C=O) groups excluding carboxylic acids is 1. The van der Waals surface area contributed by atoms with E-state index in [1.54, 1.807) is 39.2 Å². The maximum Gasteiger partial charge on any atom is 0.252 e. The van der Waals surface area contributed by atoms with Crippen molar-refractivity contribution in [2.45, 2.75) is 38.0 Å². The summed E-state index contributed by atoms with van der Waals surface area (Å²) in [5.74, 6) is 0.956. The number of rotatable bonds is 3. The molecule has 0 saturated carbocycles. The number of benzene rings is 2. The van der Waals surface area contributed by atoms with Crippen molar-refractivity contribution >= 4 is 16.9 Å². The van der Waals surface area contributed by atoms with Crippen LogP contribution in [0.4, 0.5) is 4.39 Å². The second kappa shape index (κ2) is 7.07. The van der Waals surface area contributed by atoms with Gasteiger partial charge in [0.2, 0.25) is 0 Å². The molecule has 172 valence electrons.